The van der Waals surface area contributed by atoms with Gasteiger partial charge in [0.2, 0.25) is 0 Å². The van der Waals surface area contributed by atoms with Crippen molar-refractivity contribution in [3.05, 3.63) is 60.2 Å². The number of amidine groups is 1. The number of para-hydroxylation sites is 1. The standard InChI is InChI=1S/C17H17N3/c1-2-3-10-20-15-7-5-4-6-13(15)14-11-12(17(18)19)8-9-16(14)20/h2-9,11H,10H2,1H3,(H3,18,19)/b3-2+. The first-order valence-corrected chi connectivity index (χ1v) is 6.69. The summed E-state index contributed by atoms with van der Waals surface area (Å²) < 4.78 is 2.29. The average Bonchev–Trinajstić information content (AvgIpc) is 2.78. The van der Waals surface area contributed by atoms with E-state index in [0.29, 0.717) is 0 Å². The molecule has 0 radical (unpaired) electrons. The van der Waals surface area contributed by atoms with Gasteiger partial charge in [-0.1, -0.05) is 30.4 Å². The number of nitrogen functional groups attached to an aromatic ring is 1. The lowest BCUT2D eigenvalue weighted by atomic mass is 10.1. The number of fused-ring (bicyclic) bond motifs is 3. The van der Waals surface area contributed by atoms with E-state index in [9.17, 15) is 0 Å². The van der Waals surface area contributed by atoms with Gasteiger partial charge in [-0.15, -0.1) is 0 Å². The number of nitrogens with two attached hydrogens (primary N) is 1. The monoisotopic (exact) mass is 263 g/mol. The molecule has 0 spiro atoms. The van der Waals surface area contributed by atoms with Crippen LogP contribution in [0.25, 0.3) is 21.8 Å². The number of nitrogens with one attached hydrogen (secondary N) is 1. The maximum atomic E-state index is 7.60. The second kappa shape index (κ2) is 4.85. The summed E-state index contributed by atoms with van der Waals surface area (Å²) in [4.78, 5) is 0. The molecule has 0 saturated heterocycles. The fourth-order valence-electron chi connectivity index (χ4n) is 2.63. The molecule has 100 valence electrons. The molecule has 0 atom stereocenters. The smallest absolute Gasteiger partial charge is 0.122 e. The fraction of sp³-hybridized carbons (Fsp3) is 0.118. The van der Waals surface area contributed by atoms with Crippen LogP contribution < -0.4 is 5.73 Å². The second-order valence-corrected chi connectivity index (χ2v) is 4.84. The summed E-state index contributed by atoms with van der Waals surface area (Å²) >= 11 is 0. The van der Waals surface area contributed by atoms with E-state index in [0.717, 1.165) is 17.5 Å². The van der Waals surface area contributed by atoms with Crippen molar-refractivity contribution in [2.24, 2.45) is 5.73 Å². The summed E-state index contributed by atoms with van der Waals surface area (Å²) in [5, 5.41) is 9.95. The zero-order chi connectivity index (χ0) is 14.1. The minimum Gasteiger partial charge on any atom is -0.384 e. The Bertz CT molecular complexity index is 825. The van der Waals surface area contributed by atoms with Crippen LogP contribution in [0.5, 0.6) is 0 Å². The van der Waals surface area contributed by atoms with Crippen molar-refractivity contribution < 1.29 is 0 Å². The summed E-state index contributed by atoms with van der Waals surface area (Å²) in [6.07, 6.45) is 4.20. The largest absolute Gasteiger partial charge is 0.384 e. The van der Waals surface area contributed by atoms with E-state index in [2.05, 4.69) is 41.0 Å². The maximum Gasteiger partial charge on any atom is 0.122 e. The zero-order valence-corrected chi connectivity index (χ0v) is 11.4. The van der Waals surface area contributed by atoms with E-state index in [-0.39, 0.29) is 5.84 Å². The van der Waals surface area contributed by atoms with Crippen molar-refractivity contribution in [3.8, 4) is 0 Å². The average molecular weight is 263 g/mol. The number of nitrogens with zero attached hydrogens (tertiary/aromatic N) is 1. The topological polar surface area (TPSA) is 54.8 Å². The van der Waals surface area contributed by atoms with E-state index in [1.165, 1.54) is 16.4 Å². The molecule has 0 bridgehead atoms. The summed E-state index contributed by atoms with van der Waals surface area (Å²) in [6.45, 7) is 2.88. The molecule has 2 aromatic carbocycles. The van der Waals surface area contributed by atoms with Gasteiger partial charge >= 0.3 is 0 Å². The molecule has 20 heavy (non-hydrogen) atoms. The van der Waals surface area contributed by atoms with Crippen LogP contribution in [0.1, 0.15) is 12.5 Å². The van der Waals surface area contributed by atoms with Gasteiger partial charge in [0.05, 0.1) is 0 Å². The fourth-order valence-corrected chi connectivity index (χ4v) is 2.63. The Balaban J connectivity index is 2.37. The molecule has 3 heteroatoms. The lowest BCUT2D eigenvalue weighted by Gasteiger charge is -2.04. The number of hydrogen-bond donors (Lipinski definition) is 2. The normalized spacial score (nSPS) is 11.7. The van der Waals surface area contributed by atoms with Gasteiger partial charge in [-0.2, -0.15) is 0 Å². The van der Waals surface area contributed by atoms with Crippen molar-refractivity contribution in [2.45, 2.75) is 13.5 Å². The molecule has 0 aliphatic rings. The third-order valence-corrected chi connectivity index (χ3v) is 3.61. The molecule has 0 aliphatic carbocycles. The van der Waals surface area contributed by atoms with Gasteiger partial charge in [-0.3, -0.25) is 5.41 Å². The quantitative estimate of drug-likeness (QED) is 0.423. The molecule has 0 saturated carbocycles. The lowest BCUT2D eigenvalue weighted by Crippen LogP contribution is -2.10. The molecule has 3 aromatic rings. The SMILES string of the molecule is C/C=C/Cn1c2ccccc2c2cc(C(=N)N)ccc21. The van der Waals surface area contributed by atoms with E-state index < -0.39 is 0 Å². The van der Waals surface area contributed by atoms with Crippen LogP contribution in [0, 0.1) is 5.41 Å². The minimum absolute atomic E-state index is 0.109. The number of aromatic nitrogens is 1. The van der Waals surface area contributed by atoms with Crippen molar-refractivity contribution >= 4 is 27.6 Å². The van der Waals surface area contributed by atoms with Gasteiger partial charge in [0.1, 0.15) is 5.84 Å². The van der Waals surface area contributed by atoms with E-state index in [1.54, 1.807) is 0 Å². The van der Waals surface area contributed by atoms with Crippen molar-refractivity contribution in [2.75, 3.05) is 0 Å². The van der Waals surface area contributed by atoms with E-state index in [4.69, 9.17) is 11.1 Å². The van der Waals surface area contributed by atoms with Crippen LogP contribution in [0.15, 0.2) is 54.6 Å². The number of rotatable bonds is 3. The van der Waals surface area contributed by atoms with Gasteiger partial charge in [0.25, 0.3) is 0 Å². The molecular weight excluding hydrogens is 246 g/mol. The predicted molar refractivity (Wildman–Crippen MR) is 85.3 cm³/mol. The first kappa shape index (κ1) is 12.5. The highest BCUT2D eigenvalue weighted by atomic mass is 15.0. The number of hydrogen-bond acceptors (Lipinski definition) is 1. The molecule has 1 heterocycles. The van der Waals surface area contributed by atoms with Crippen LogP contribution in [0.2, 0.25) is 0 Å². The predicted octanol–water partition coefficient (Wildman–Crippen LogP) is 3.65. The highest BCUT2D eigenvalue weighted by molar-refractivity contribution is 6.10. The first-order valence-electron chi connectivity index (χ1n) is 6.69. The highest BCUT2D eigenvalue weighted by Crippen LogP contribution is 2.29. The molecule has 3 N–H and O–H groups in total. The Morgan fingerprint density at radius 3 is 2.65 bits per heavy atom. The third kappa shape index (κ3) is 1.88. The van der Waals surface area contributed by atoms with Crippen molar-refractivity contribution in [3.63, 3.8) is 0 Å². The van der Waals surface area contributed by atoms with Crippen LogP contribution in [0.3, 0.4) is 0 Å². The Morgan fingerprint density at radius 1 is 1.15 bits per heavy atom. The van der Waals surface area contributed by atoms with Crippen molar-refractivity contribution in [1.82, 2.24) is 4.57 Å². The molecule has 3 nitrogen and oxygen atoms in total. The molecule has 0 aliphatic heterocycles. The summed E-state index contributed by atoms with van der Waals surface area (Å²) in [5.41, 5.74) is 8.76. The molecule has 1 aromatic heterocycles. The first-order chi connectivity index (χ1) is 9.72. The summed E-state index contributed by atoms with van der Waals surface area (Å²) in [5.74, 6) is 0.109. The molecular formula is C17H17N3. The minimum atomic E-state index is 0.109. The van der Waals surface area contributed by atoms with Crippen LogP contribution >= 0.6 is 0 Å². The van der Waals surface area contributed by atoms with Crippen LogP contribution in [0.4, 0.5) is 0 Å². The summed E-state index contributed by atoms with van der Waals surface area (Å²) in [7, 11) is 0. The lowest BCUT2D eigenvalue weighted by molar-refractivity contribution is 0.897. The Hall–Kier alpha value is -2.55. The Labute approximate surface area is 117 Å². The van der Waals surface area contributed by atoms with Crippen LogP contribution in [-0.2, 0) is 6.54 Å². The molecule has 0 amide bonds. The third-order valence-electron chi connectivity index (χ3n) is 3.61. The Kier molecular flexibility index (Phi) is 3.03. The number of benzene rings is 2. The zero-order valence-electron chi connectivity index (χ0n) is 11.4. The molecule has 3 rings (SSSR count). The second-order valence-electron chi connectivity index (χ2n) is 4.84. The van der Waals surface area contributed by atoms with Gasteiger partial charge < -0.3 is 10.3 Å². The highest BCUT2D eigenvalue weighted by Gasteiger charge is 2.10. The Morgan fingerprint density at radius 2 is 1.90 bits per heavy atom. The van der Waals surface area contributed by atoms with Gasteiger partial charge in [0, 0.05) is 33.9 Å². The molecule has 0 fully saturated rings. The van der Waals surface area contributed by atoms with Gasteiger partial charge in [-0.25, -0.2) is 0 Å². The van der Waals surface area contributed by atoms with Crippen molar-refractivity contribution in [1.29, 1.82) is 5.41 Å². The van der Waals surface area contributed by atoms with Gasteiger partial charge in [-0.05, 0) is 31.2 Å². The van der Waals surface area contributed by atoms with E-state index >= 15 is 0 Å². The number of allylic oxidation sites excluding steroid dienone is 2. The van der Waals surface area contributed by atoms with Gasteiger partial charge in [0.15, 0.2) is 0 Å². The van der Waals surface area contributed by atoms with E-state index in [1.807, 2.05) is 25.1 Å². The molecule has 0 unspecified atom stereocenters. The van der Waals surface area contributed by atoms with Crippen LogP contribution in [-0.4, -0.2) is 10.4 Å². The maximum absolute atomic E-state index is 7.60. The summed E-state index contributed by atoms with van der Waals surface area (Å²) in [6, 6.07) is 14.3.